The van der Waals surface area contributed by atoms with E-state index in [4.69, 9.17) is 9.47 Å². The molecule has 0 spiro atoms. The fourth-order valence-electron chi connectivity index (χ4n) is 3.05. The van der Waals surface area contributed by atoms with Gasteiger partial charge in [0.05, 0.1) is 13.2 Å². The Bertz CT molecular complexity index is 639. The van der Waals surface area contributed by atoms with Gasteiger partial charge in [0, 0.05) is 16.1 Å². The van der Waals surface area contributed by atoms with Crippen LogP contribution in [0, 0.1) is 6.92 Å². The molecule has 0 amide bonds. The van der Waals surface area contributed by atoms with Crippen LogP contribution in [0.15, 0.2) is 30.3 Å². The van der Waals surface area contributed by atoms with Crippen LogP contribution in [0.3, 0.4) is 0 Å². The van der Waals surface area contributed by atoms with Crippen LogP contribution in [0.2, 0.25) is 0 Å². The summed E-state index contributed by atoms with van der Waals surface area (Å²) in [4.78, 5) is 0. The van der Waals surface area contributed by atoms with Crippen LogP contribution >= 0.6 is 15.9 Å². The van der Waals surface area contributed by atoms with Crippen LogP contribution in [0.4, 0.5) is 0 Å². The first kappa shape index (κ1) is 20.1. The molecule has 0 aliphatic carbocycles. The molecule has 25 heavy (non-hydrogen) atoms. The molecule has 0 saturated carbocycles. The van der Waals surface area contributed by atoms with Crippen molar-refractivity contribution in [2.75, 3.05) is 18.5 Å². The topological polar surface area (TPSA) is 18.5 Å². The molecular weight excluding hydrogens is 376 g/mol. The third-order valence-electron chi connectivity index (χ3n) is 4.38. The third-order valence-corrected chi connectivity index (χ3v) is 4.94. The molecule has 0 radical (unpaired) electrons. The number of hydrogen-bond donors (Lipinski definition) is 0. The number of alkyl halides is 1. The lowest BCUT2D eigenvalue weighted by molar-refractivity contribution is 0.304. The van der Waals surface area contributed by atoms with E-state index in [-0.39, 0.29) is 0 Å². The van der Waals surface area contributed by atoms with Crippen LogP contribution in [-0.4, -0.2) is 18.5 Å². The van der Waals surface area contributed by atoms with Gasteiger partial charge in [0.15, 0.2) is 0 Å². The molecule has 0 heterocycles. The van der Waals surface area contributed by atoms with Crippen LogP contribution in [0.1, 0.15) is 57.4 Å². The molecule has 0 aliphatic rings. The van der Waals surface area contributed by atoms with E-state index in [1.165, 1.54) is 32.1 Å². The summed E-state index contributed by atoms with van der Waals surface area (Å²) < 4.78 is 12.1. The van der Waals surface area contributed by atoms with Crippen molar-refractivity contribution >= 4 is 26.7 Å². The SMILES string of the molecule is CCCOc1c(C)cc(OCCCCCCCCBr)c2ccccc12. The fraction of sp³-hybridized carbons (Fsp3) is 0.545. The van der Waals surface area contributed by atoms with Gasteiger partial charge in [-0.1, -0.05) is 72.8 Å². The summed E-state index contributed by atoms with van der Waals surface area (Å²) >= 11 is 3.48. The monoisotopic (exact) mass is 406 g/mol. The van der Waals surface area contributed by atoms with Crippen molar-refractivity contribution in [2.24, 2.45) is 0 Å². The zero-order chi connectivity index (χ0) is 17.9. The summed E-state index contributed by atoms with van der Waals surface area (Å²) in [6.45, 7) is 5.78. The minimum Gasteiger partial charge on any atom is -0.493 e. The first-order valence-corrected chi connectivity index (χ1v) is 10.7. The Labute approximate surface area is 161 Å². The average molecular weight is 407 g/mol. The number of benzene rings is 2. The summed E-state index contributed by atoms with van der Waals surface area (Å²) in [5.41, 5.74) is 1.15. The molecular formula is C22H31BrO2. The van der Waals surface area contributed by atoms with Crippen molar-refractivity contribution in [3.05, 3.63) is 35.9 Å². The van der Waals surface area contributed by atoms with E-state index >= 15 is 0 Å². The Kier molecular flexibility index (Phi) is 9.17. The molecule has 2 aromatic rings. The van der Waals surface area contributed by atoms with Crippen molar-refractivity contribution in [1.29, 1.82) is 0 Å². The van der Waals surface area contributed by atoms with Crippen LogP contribution in [-0.2, 0) is 0 Å². The van der Waals surface area contributed by atoms with Gasteiger partial charge in [0.1, 0.15) is 11.5 Å². The molecule has 0 bridgehead atoms. The van der Waals surface area contributed by atoms with Gasteiger partial charge >= 0.3 is 0 Å². The Balaban J connectivity index is 1.95. The summed E-state index contributed by atoms with van der Waals surface area (Å²) in [5, 5.41) is 3.43. The highest BCUT2D eigenvalue weighted by Gasteiger charge is 2.11. The number of halogens is 1. The smallest absolute Gasteiger partial charge is 0.130 e. The van der Waals surface area contributed by atoms with Crippen molar-refractivity contribution < 1.29 is 9.47 Å². The van der Waals surface area contributed by atoms with Gasteiger partial charge in [-0.3, -0.25) is 0 Å². The first-order valence-electron chi connectivity index (χ1n) is 9.61. The minimum atomic E-state index is 0.750. The van der Waals surface area contributed by atoms with E-state index in [9.17, 15) is 0 Å². The summed E-state index contributed by atoms with van der Waals surface area (Å²) in [6.07, 6.45) is 8.63. The third kappa shape index (κ3) is 6.22. The predicted molar refractivity (Wildman–Crippen MR) is 111 cm³/mol. The van der Waals surface area contributed by atoms with Crippen molar-refractivity contribution in [1.82, 2.24) is 0 Å². The quantitative estimate of drug-likeness (QED) is 0.277. The van der Waals surface area contributed by atoms with Gasteiger partial charge in [-0.05, 0) is 37.8 Å². The van der Waals surface area contributed by atoms with Crippen molar-refractivity contribution in [2.45, 2.75) is 58.8 Å². The van der Waals surface area contributed by atoms with E-state index in [2.05, 4.69) is 60.1 Å². The Hall–Kier alpha value is -1.22. The molecule has 2 rings (SSSR count). The normalized spacial score (nSPS) is 11.0. The Morgan fingerprint density at radius 2 is 1.52 bits per heavy atom. The van der Waals surface area contributed by atoms with Crippen molar-refractivity contribution in [3.63, 3.8) is 0 Å². The summed E-state index contributed by atoms with van der Waals surface area (Å²) in [5.74, 6) is 1.98. The van der Waals surface area contributed by atoms with Gasteiger partial charge in [-0.15, -0.1) is 0 Å². The fourth-order valence-corrected chi connectivity index (χ4v) is 3.45. The summed E-state index contributed by atoms with van der Waals surface area (Å²) in [6, 6.07) is 10.5. The highest BCUT2D eigenvalue weighted by Crippen LogP contribution is 2.36. The number of aryl methyl sites for hydroxylation is 1. The van der Waals surface area contributed by atoms with Gasteiger partial charge in [-0.2, -0.15) is 0 Å². The van der Waals surface area contributed by atoms with Gasteiger partial charge < -0.3 is 9.47 Å². The second kappa shape index (κ2) is 11.4. The van der Waals surface area contributed by atoms with E-state index in [0.29, 0.717) is 0 Å². The van der Waals surface area contributed by atoms with Gasteiger partial charge in [-0.25, -0.2) is 0 Å². The minimum absolute atomic E-state index is 0.750. The molecule has 3 heteroatoms. The molecule has 0 fully saturated rings. The largest absolute Gasteiger partial charge is 0.493 e. The Morgan fingerprint density at radius 1 is 0.840 bits per heavy atom. The Morgan fingerprint density at radius 3 is 2.24 bits per heavy atom. The second-order valence-electron chi connectivity index (χ2n) is 6.57. The van der Waals surface area contributed by atoms with E-state index in [0.717, 1.165) is 59.2 Å². The van der Waals surface area contributed by atoms with Crippen LogP contribution in [0.25, 0.3) is 10.8 Å². The lowest BCUT2D eigenvalue weighted by Crippen LogP contribution is -2.01. The van der Waals surface area contributed by atoms with Crippen LogP contribution < -0.4 is 9.47 Å². The molecule has 0 unspecified atom stereocenters. The lowest BCUT2D eigenvalue weighted by Gasteiger charge is -2.16. The van der Waals surface area contributed by atoms with E-state index in [1.807, 2.05) is 0 Å². The molecule has 0 saturated heterocycles. The lowest BCUT2D eigenvalue weighted by atomic mass is 10.0. The van der Waals surface area contributed by atoms with E-state index < -0.39 is 0 Å². The predicted octanol–water partition coefficient (Wildman–Crippen LogP) is 7.05. The van der Waals surface area contributed by atoms with Gasteiger partial charge in [0.25, 0.3) is 0 Å². The van der Waals surface area contributed by atoms with Crippen LogP contribution in [0.5, 0.6) is 11.5 Å². The zero-order valence-corrected chi connectivity index (χ0v) is 17.2. The zero-order valence-electron chi connectivity index (χ0n) is 15.7. The molecule has 2 aromatic carbocycles. The highest BCUT2D eigenvalue weighted by atomic mass is 79.9. The highest BCUT2D eigenvalue weighted by molar-refractivity contribution is 9.09. The number of rotatable bonds is 12. The molecule has 0 aromatic heterocycles. The first-order chi connectivity index (χ1) is 12.3. The molecule has 0 N–H and O–H groups in total. The maximum Gasteiger partial charge on any atom is 0.130 e. The molecule has 0 aliphatic heterocycles. The van der Waals surface area contributed by atoms with E-state index in [1.54, 1.807) is 0 Å². The number of fused-ring (bicyclic) bond motifs is 1. The van der Waals surface area contributed by atoms with Gasteiger partial charge in [0.2, 0.25) is 0 Å². The molecule has 2 nitrogen and oxygen atoms in total. The molecule has 0 atom stereocenters. The van der Waals surface area contributed by atoms with Crippen molar-refractivity contribution in [3.8, 4) is 11.5 Å². The number of hydrogen-bond acceptors (Lipinski definition) is 2. The maximum atomic E-state index is 6.12. The summed E-state index contributed by atoms with van der Waals surface area (Å²) in [7, 11) is 0. The standard InChI is InChI=1S/C22H31BrO2/c1-3-15-25-22-18(2)17-21(19-12-8-9-13-20(19)22)24-16-11-7-5-4-6-10-14-23/h8-9,12-13,17H,3-7,10-11,14-16H2,1-2H3. The second-order valence-corrected chi connectivity index (χ2v) is 7.37. The number of ether oxygens (including phenoxy) is 2. The average Bonchev–Trinajstić information content (AvgIpc) is 2.63. The maximum absolute atomic E-state index is 6.12. The number of unbranched alkanes of at least 4 members (excludes halogenated alkanes) is 5. The molecule has 138 valence electrons.